The van der Waals surface area contributed by atoms with Crippen LogP contribution in [-0.2, 0) is 11.3 Å². The fourth-order valence-electron chi connectivity index (χ4n) is 4.50. The van der Waals surface area contributed by atoms with Gasteiger partial charge in [0.15, 0.2) is 5.43 Å². The number of H-pyrrole nitrogens is 1. The maximum atomic E-state index is 12.6. The summed E-state index contributed by atoms with van der Waals surface area (Å²) in [4.78, 5) is 30.0. The van der Waals surface area contributed by atoms with Gasteiger partial charge in [0.1, 0.15) is 0 Å². The van der Waals surface area contributed by atoms with E-state index in [2.05, 4.69) is 21.3 Å². The molecule has 2 aliphatic rings. The number of nitrogens with one attached hydrogen (secondary N) is 2. The summed E-state index contributed by atoms with van der Waals surface area (Å²) in [6.07, 6.45) is 3.90. The molecule has 2 saturated heterocycles. The molecule has 1 aromatic carbocycles. The molecule has 138 valence electrons. The lowest BCUT2D eigenvalue weighted by Crippen LogP contribution is -2.49. The second-order valence-electron chi connectivity index (χ2n) is 8.16. The molecule has 2 aromatic rings. The van der Waals surface area contributed by atoms with Gasteiger partial charge in [-0.15, -0.1) is 0 Å². The highest BCUT2D eigenvalue weighted by molar-refractivity contribution is 5.84. The molecule has 4 rings (SSSR count). The number of piperidine rings is 2. The summed E-state index contributed by atoms with van der Waals surface area (Å²) in [5.41, 5.74) is 4.49. The van der Waals surface area contributed by atoms with Crippen LogP contribution < -0.4 is 10.7 Å². The molecule has 2 fully saturated rings. The number of nitrogens with zero attached hydrogens (tertiary/aromatic N) is 1. The van der Waals surface area contributed by atoms with Crippen molar-refractivity contribution in [3.63, 3.8) is 0 Å². The Morgan fingerprint density at radius 2 is 1.81 bits per heavy atom. The summed E-state index contributed by atoms with van der Waals surface area (Å²) in [7, 11) is 0. The SMILES string of the molecule is Cc1ccc(C)c2c(=O)cc(CN3CCC4(CCC(=O)NC4)CC3)[nH]c12. The van der Waals surface area contributed by atoms with E-state index < -0.39 is 0 Å². The Bertz CT molecular complexity index is 895. The Labute approximate surface area is 153 Å². The fourth-order valence-corrected chi connectivity index (χ4v) is 4.50. The normalized spacial score (nSPS) is 20.5. The lowest BCUT2D eigenvalue weighted by atomic mass is 9.73. The van der Waals surface area contributed by atoms with Crippen molar-refractivity contribution in [3.05, 3.63) is 45.2 Å². The third-order valence-electron chi connectivity index (χ3n) is 6.31. The summed E-state index contributed by atoms with van der Waals surface area (Å²) < 4.78 is 0. The maximum absolute atomic E-state index is 12.6. The monoisotopic (exact) mass is 353 g/mol. The van der Waals surface area contributed by atoms with Gasteiger partial charge in [0.05, 0.1) is 5.52 Å². The van der Waals surface area contributed by atoms with E-state index >= 15 is 0 Å². The zero-order valence-corrected chi connectivity index (χ0v) is 15.7. The first kappa shape index (κ1) is 17.3. The number of rotatable bonds is 2. The Balaban J connectivity index is 1.50. The molecular weight excluding hydrogens is 326 g/mol. The third kappa shape index (κ3) is 3.16. The van der Waals surface area contributed by atoms with Crippen molar-refractivity contribution in [2.75, 3.05) is 19.6 Å². The van der Waals surface area contributed by atoms with Crippen LogP contribution in [0.4, 0.5) is 0 Å². The Hall–Kier alpha value is -2.14. The Morgan fingerprint density at radius 1 is 1.08 bits per heavy atom. The van der Waals surface area contributed by atoms with Crippen LogP contribution in [0.1, 0.15) is 42.5 Å². The number of aromatic amines is 1. The van der Waals surface area contributed by atoms with Crippen LogP contribution in [0.5, 0.6) is 0 Å². The Kier molecular flexibility index (Phi) is 4.35. The van der Waals surface area contributed by atoms with E-state index in [4.69, 9.17) is 0 Å². The van der Waals surface area contributed by atoms with E-state index in [1.165, 1.54) is 0 Å². The third-order valence-corrected chi connectivity index (χ3v) is 6.31. The zero-order chi connectivity index (χ0) is 18.3. The zero-order valence-electron chi connectivity index (χ0n) is 15.7. The molecule has 0 saturated carbocycles. The van der Waals surface area contributed by atoms with E-state index in [9.17, 15) is 9.59 Å². The number of amides is 1. The summed E-state index contributed by atoms with van der Waals surface area (Å²) in [5, 5.41) is 3.85. The number of pyridine rings is 1. The number of carbonyl (C=O) groups is 1. The molecule has 2 aliphatic heterocycles. The molecule has 0 radical (unpaired) electrons. The van der Waals surface area contributed by atoms with E-state index in [1.54, 1.807) is 6.07 Å². The van der Waals surface area contributed by atoms with Crippen molar-refractivity contribution in [2.24, 2.45) is 5.41 Å². The number of hydrogen-bond acceptors (Lipinski definition) is 3. The van der Waals surface area contributed by atoms with Crippen LogP contribution in [0.2, 0.25) is 0 Å². The van der Waals surface area contributed by atoms with Gasteiger partial charge in [0.2, 0.25) is 5.91 Å². The first-order chi connectivity index (χ1) is 12.5. The molecule has 0 atom stereocenters. The molecule has 0 bridgehead atoms. The van der Waals surface area contributed by atoms with Gasteiger partial charge in [0, 0.05) is 36.7 Å². The molecule has 0 unspecified atom stereocenters. The van der Waals surface area contributed by atoms with E-state index in [0.717, 1.165) is 73.2 Å². The van der Waals surface area contributed by atoms with Crippen LogP contribution in [0.3, 0.4) is 0 Å². The second-order valence-corrected chi connectivity index (χ2v) is 8.16. The molecular formula is C21H27N3O2. The molecule has 5 heteroatoms. The highest BCUT2D eigenvalue weighted by Crippen LogP contribution is 2.37. The number of hydrogen-bond donors (Lipinski definition) is 2. The van der Waals surface area contributed by atoms with Crippen molar-refractivity contribution in [3.8, 4) is 0 Å². The largest absolute Gasteiger partial charge is 0.357 e. The molecule has 0 aliphatic carbocycles. The summed E-state index contributed by atoms with van der Waals surface area (Å²) in [6, 6.07) is 5.85. The van der Waals surface area contributed by atoms with Crippen molar-refractivity contribution >= 4 is 16.8 Å². The summed E-state index contributed by atoms with van der Waals surface area (Å²) in [6.45, 7) is 7.67. The molecule has 1 aromatic heterocycles. The molecule has 2 N–H and O–H groups in total. The minimum atomic E-state index is 0.110. The molecule has 1 spiro atoms. The molecule has 5 nitrogen and oxygen atoms in total. The number of aryl methyl sites for hydroxylation is 2. The minimum Gasteiger partial charge on any atom is -0.357 e. The van der Waals surface area contributed by atoms with E-state index in [0.29, 0.717) is 6.42 Å². The van der Waals surface area contributed by atoms with E-state index in [1.807, 2.05) is 19.9 Å². The first-order valence-corrected chi connectivity index (χ1v) is 9.57. The van der Waals surface area contributed by atoms with Crippen LogP contribution in [-0.4, -0.2) is 35.4 Å². The van der Waals surface area contributed by atoms with Crippen LogP contribution in [0.15, 0.2) is 23.0 Å². The number of aromatic nitrogens is 1. The fraction of sp³-hybridized carbons (Fsp3) is 0.524. The van der Waals surface area contributed by atoms with Gasteiger partial charge < -0.3 is 10.3 Å². The molecule has 3 heterocycles. The van der Waals surface area contributed by atoms with Gasteiger partial charge in [0.25, 0.3) is 0 Å². The van der Waals surface area contributed by atoms with Gasteiger partial charge in [-0.05, 0) is 62.7 Å². The van der Waals surface area contributed by atoms with E-state index in [-0.39, 0.29) is 16.8 Å². The van der Waals surface area contributed by atoms with Gasteiger partial charge in [-0.3, -0.25) is 14.5 Å². The average molecular weight is 353 g/mol. The highest BCUT2D eigenvalue weighted by atomic mass is 16.1. The number of fused-ring (bicyclic) bond motifs is 1. The predicted molar refractivity (Wildman–Crippen MR) is 103 cm³/mol. The molecule has 1 amide bonds. The number of carbonyl (C=O) groups excluding carboxylic acids is 1. The van der Waals surface area contributed by atoms with Crippen molar-refractivity contribution in [2.45, 2.75) is 46.1 Å². The summed E-state index contributed by atoms with van der Waals surface area (Å²) in [5.74, 6) is 0.192. The Morgan fingerprint density at radius 3 is 2.50 bits per heavy atom. The van der Waals surface area contributed by atoms with Crippen molar-refractivity contribution in [1.82, 2.24) is 15.2 Å². The summed E-state index contributed by atoms with van der Waals surface area (Å²) >= 11 is 0. The highest BCUT2D eigenvalue weighted by Gasteiger charge is 2.37. The van der Waals surface area contributed by atoms with Gasteiger partial charge >= 0.3 is 0 Å². The van der Waals surface area contributed by atoms with Gasteiger partial charge in [-0.2, -0.15) is 0 Å². The van der Waals surface area contributed by atoms with Crippen LogP contribution in [0, 0.1) is 19.3 Å². The van der Waals surface area contributed by atoms with Crippen molar-refractivity contribution < 1.29 is 4.79 Å². The van der Waals surface area contributed by atoms with Gasteiger partial charge in [-0.25, -0.2) is 0 Å². The van der Waals surface area contributed by atoms with Crippen molar-refractivity contribution in [1.29, 1.82) is 0 Å². The number of benzene rings is 1. The topological polar surface area (TPSA) is 65.2 Å². The quantitative estimate of drug-likeness (QED) is 0.872. The maximum Gasteiger partial charge on any atom is 0.220 e. The van der Waals surface area contributed by atoms with Crippen LogP contribution >= 0.6 is 0 Å². The minimum absolute atomic E-state index is 0.110. The predicted octanol–water partition coefficient (Wildman–Crippen LogP) is 2.64. The lowest BCUT2D eigenvalue weighted by Gasteiger charge is -2.44. The lowest BCUT2D eigenvalue weighted by molar-refractivity contribution is -0.125. The smallest absolute Gasteiger partial charge is 0.220 e. The van der Waals surface area contributed by atoms with Gasteiger partial charge in [-0.1, -0.05) is 12.1 Å². The van der Waals surface area contributed by atoms with Crippen LogP contribution in [0.25, 0.3) is 10.9 Å². The standard InChI is InChI=1S/C21H27N3O2/c1-14-3-4-15(2)20-19(14)17(25)11-16(23-20)12-24-9-7-21(8-10-24)6-5-18(26)22-13-21/h3-4,11H,5-10,12-13H2,1-2H3,(H,22,26)(H,23,25). The molecule has 26 heavy (non-hydrogen) atoms. The average Bonchev–Trinajstić information content (AvgIpc) is 2.63. The second kappa shape index (κ2) is 6.54. The number of likely N-dealkylation sites (tertiary alicyclic amines) is 1. The first-order valence-electron chi connectivity index (χ1n) is 9.57.